The van der Waals surface area contributed by atoms with Crippen molar-refractivity contribution in [3.05, 3.63) is 35.4 Å². The molecule has 0 unspecified atom stereocenters. The number of methoxy groups -OCH3 is 2. The SMILES string of the molecule is CCc1ccccc1C(=O)N(CC(=O)OC)CC(=O)OC. The summed E-state index contributed by atoms with van der Waals surface area (Å²) >= 11 is 0. The van der Waals surface area contributed by atoms with Gasteiger partial charge in [-0.2, -0.15) is 0 Å². The summed E-state index contributed by atoms with van der Waals surface area (Å²) in [4.78, 5) is 36.5. The van der Waals surface area contributed by atoms with E-state index in [0.717, 1.165) is 10.5 Å². The van der Waals surface area contributed by atoms with E-state index < -0.39 is 17.8 Å². The quantitative estimate of drug-likeness (QED) is 0.733. The Morgan fingerprint density at radius 1 is 1.00 bits per heavy atom. The molecule has 21 heavy (non-hydrogen) atoms. The van der Waals surface area contributed by atoms with Crippen LogP contribution >= 0.6 is 0 Å². The molecule has 1 aromatic carbocycles. The average molecular weight is 293 g/mol. The minimum absolute atomic E-state index is 0.303. The van der Waals surface area contributed by atoms with Gasteiger partial charge in [0.2, 0.25) is 0 Å². The van der Waals surface area contributed by atoms with Crippen molar-refractivity contribution in [2.45, 2.75) is 13.3 Å². The lowest BCUT2D eigenvalue weighted by Gasteiger charge is -2.21. The minimum atomic E-state index is -0.596. The summed E-state index contributed by atoms with van der Waals surface area (Å²) in [5.74, 6) is -1.59. The highest BCUT2D eigenvalue weighted by atomic mass is 16.5. The van der Waals surface area contributed by atoms with Gasteiger partial charge in [-0.15, -0.1) is 0 Å². The van der Waals surface area contributed by atoms with Crippen molar-refractivity contribution in [3.8, 4) is 0 Å². The number of nitrogens with zero attached hydrogens (tertiary/aromatic N) is 1. The van der Waals surface area contributed by atoms with E-state index in [1.54, 1.807) is 12.1 Å². The smallest absolute Gasteiger partial charge is 0.325 e. The third kappa shape index (κ3) is 4.59. The molecule has 0 saturated carbocycles. The van der Waals surface area contributed by atoms with E-state index in [1.807, 2.05) is 19.1 Å². The largest absolute Gasteiger partial charge is 0.468 e. The lowest BCUT2D eigenvalue weighted by molar-refractivity contribution is -0.144. The Labute approximate surface area is 123 Å². The van der Waals surface area contributed by atoms with Gasteiger partial charge in [0.15, 0.2) is 0 Å². The van der Waals surface area contributed by atoms with Crippen LogP contribution in [0.3, 0.4) is 0 Å². The van der Waals surface area contributed by atoms with Crippen molar-refractivity contribution in [2.75, 3.05) is 27.3 Å². The first-order valence-electron chi connectivity index (χ1n) is 6.54. The van der Waals surface area contributed by atoms with Crippen LogP contribution in [0.4, 0.5) is 0 Å². The maximum Gasteiger partial charge on any atom is 0.325 e. The molecule has 0 bridgehead atoms. The van der Waals surface area contributed by atoms with Crippen molar-refractivity contribution in [3.63, 3.8) is 0 Å². The lowest BCUT2D eigenvalue weighted by atomic mass is 10.0. The number of hydrogen-bond acceptors (Lipinski definition) is 5. The molecule has 1 rings (SSSR count). The fourth-order valence-corrected chi connectivity index (χ4v) is 1.85. The van der Waals surface area contributed by atoms with E-state index in [4.69, 9.17) is 0 Å². The third-order valence-corrected chi connectivity index (χ3v) is 3.01. The molecule has 0 radical (unpaired) electrons. The second-order valence-corrected chi connectivity index (χ2v) is 4.32. The molecule has 114 valence electrons. The van der Waals surface area contributed by atoms with Gasteiger partial charge in [-0.25, -0.2) is 0 Å². The topological polar surface area (TPSA) is 72.9 Å². The molecule has 1 amide bonds. The van der Waals surface area contributed by atoms with E-state index in [1.165, 1.54) is 14.2 Å². The Morgan fingerprint density at radius 3 is 2.00 bits per heavy atom. The number of esters is 2. The highest BCUT2D eigenvalue weighted by molar-refractivity contribution is 5.98. The number of rotatable bonds is 6. The molecule has 0 atom stereocenters. The van der Waals surface area contributed by atoms with Crippen LogP contribution in [0.1, 0.15) is 22.8 Å². The van der Waals surface area contributed by atoms with Gasteiger partial charge in [0, 0.05) is 5.56 Å². The standard InChI is InChI=1S/C15H19NO5/c1-4-11-7-5-6-8-12(11)15(19)16(9-13(17)20-2)10-14(18)21-3/h5-8H,4,9-10H2,1-3H3. The van der Waals surface area contributed by atoms with Crippen LogP contribution in [-0.4, -0.2) is 50.1 Å². The zero-order chi connectivity index (χ0) is 15.8. The molecule has 0 spiro atoms. The number of amides is 1. The Bertz CT molecular complexity index is 509. The molecule has 6 nitrogen and oxygen atoms in total. The van der Waals surface area contributed by atoms with Gasteiger partial charge in [0.25, 0.3) is 5.91 Å². The van der Waals surface area contributed by atoms with Crippen LogP contribution in [-0.2, 0) is 25.5 Å². The second kappa shape index (κ2) is 8.04. The number of hydrogen-bond donors (Lipinski definition) is 0. The van der Waals surface area contributed by atoms with Gasteiger partial charge in [-0.3, -0.25) is 14.4 Å². The molecule has 1 aromatic rings. The van der Waals surface area contributed by atoms with Gasteiger partial charge >= 0.3 is 11.9 Å². The fourth-order valence-electron chi connectivity index (χ4n) is 1.85. The lowest BCUT2D eigenvalue weighted by Crippen LogP contribution is -2.40. The van der Waals surface area contributed by atoms with E-state index in [-0.39, 0.29) is 13.1 Å². The predicted molar refractivity (Wildman–Crippen MR) is 75.8 cm³/mol. The summed E-state index contributed by atoms with van der Waals surface area (Å²) in [6.07, 6.45) is 0.673. The van der Waals surface area contributed by atoms with Crippen molar-refractivity contribution in [1.29, 1.82) is 0 Å². The van der Waals surface area contributed by atoms with Crippen molar-refractivity contribution < 1.29 is 23.9 Å². The summed E-state index contributed by atoms with van der Waals surface area (Å²) in [7, 11) is 2.45. The van der Waals surface area contributed by atoms with E-state index >= 15 is 0 Å². The van der Waals surface area contributed by atoms with Crippen LogP contribution < -0.4 is 0 Å². The number of aryl methyl sites for hydroxylation is 1. The number of carbonyl (C=O) groups is 3. The Morgan fingerprint density at radius 2 is 1.52 bits per heavy atom. The summed E-state index contributed by atoms with van der Waals surface area (Å²) in [6, 6.07) is 7.08. The first kappa shape index (κ1) is 16.7. The highest BCUT2D eigenvalue weighted by Crippen LogP contribution is 2.13. The molecule has 0 heterocycles. The predicted octanol–water partition coefficient (Wildman–Crippen LogP) is 1.04. The molecule has 0 aromatic heterocycles. The summed E-state index contributed by atoms with van der Waals surface area (Å²) in [6.45, 7) is 1.32. The Kier molecular flexibility index (Phi) is 6.39. The zero-order valence-corrected chi connectivity index (χ0v) is 12.4. The van der Waals surface area contributed by atoms with Gasteiger partial charge in [-0.1, -0.05) is 25.1 Å². The normalized spacial score (nSPS) is 9.86. The van der Waals surface area contributed by atoms with E-state index in [0.29, 0.717) is 12.0 Å². The molecule has 0 aliphatic rings. The number of ether oxygens (including phenoxy) is 2. The van der Waals surface area contributed by atoms with Crippen LogP contribution in [0, 0.1) is 0 Å². The van der Waals surface area contributed by atoms with Crippen LogP contribution in [0.5, 0.6) is 0 Å². The summed E-state index contributed by atoms with van der Waals surface area (Å²) < 4.78 is 9.11. The average Bonchev–Trinajstić information content (AvgIpc) is 2.52. The summed E-state index contributed by atoms with van der Waals surface area (Å²) in [5.41, 5.74) is 1.31. The molecule has 6 heteroatoms. The highest BCUT2D eigenvalue weighted by Gasteiger charge is 2.23. The first-order chi connectivity index (χ1) is 10.0. The zero-order valence-electron chi connectivity index (χ0n) is 12.4. The molecule has 0 aliphatic heterocycles. The fraction of sp³-hybridized carbons (Fsp3) is 0.400. The van der Waals surface area contributed by atoms with Gasteiger partial charge in [0.1, 0.15) is 13.1 Å². The van der Waals surface area contributed by atoms with Gasteiger partial charge in [0.05, 0.1) is 14.2 Å². The van der Waals surface area contributed by atoms with Crippen LogP contribution in [0.2, 0.25) is 0 Å². The molecular weight excluding hydrogens is 274 g/mol. The second-order valence-electron chi connectivity index (χ2n) is 4.32. The molecule has 0 N–H and O–H groups in total. The molecular formula is C15H19NO5. The monoisotopic (exact) mass is 293 g/mol. The molecule has 0 saturated heterocycles. The molecule has 0 aliphatic carbocycles. The Hall–Kier alpha value is -2.37. The van der Waals surface area contributed by atoms with Crippen LogP contribution in [0.25, 0.3) is 0 Å². The van der Waals surface area contributed by atoms with Crippen molar-refractivity contribution in [2.24, 2.45) is 0 Å². The van der Waals surface area contributed by atoms with Crippen molar-refractivity contribution in [1.82, 2.24) is 4.90 Å². The van der Waals surface area contributed by atoms with Gasteiger partial charge in [-0.05, 0) is 18.1 Å². The summed E-state index contributed by atoms with van der Waals surface area (Å²) in [5, 5.41) is 0. The number of benzene rings is 1. The molecule has 0 fully saturated rings. The maximum atomic E-state index is 12.5. The van der Waals surface area contributed by atoms with Gasteiger partial charge < -0.3 is 14.4 Å². The third-order valence-electron chi connectivity index (χ3n) is 3.01. The van der Waals surface area contributed by atoms with E-state index in [9.17, 15) is 14.4 Å². The van der Waals surface area contributed by atoms with E-state index in [2.05, 4.69) is 9.47 Å². The first-order valence-corrected chi connectivity index (χ1v) is 6.54. The Balaban J connectivity index is 3.03. The van der Waals surface area contributed by atoms with Crippen molar-refractivity contribution >= 4 is 17.8 Å². The maximum absolute atomic E-state index is 12.5. The minimum Gasteiger partial charge on any atom is -0.468 e. The van der Waals surface area contributed by atoms with Crippen LogP contribution in [0.15, 0.2) is 24.3 Å². The number of carbonyl (C=O) groups excluding carboxylic acids is 3.